The molecule has 0 radical (unpaired) electrons. The number of carbonyl (C=O) groups is 3. The summed E-state index contributed by atoms with van der Waals surface area (Å²) < 4.78 is 22.3. The highest BCUT2D eigenvalue weighted by Gasteiger charge is 2.54. The number of aliphatic hydroxyl groups excluding tert-OH is 1. The van der Waals surface area contributed by atoms with Crippen molar-refractivity contribution < 1.29 is 38.4 Å². The Morgan fingerprint density at radius 3 is 2.42 bits per heavy atom. The maximum Gasteiger partial charge on any atom is 0.417 e. The van der Waals surface area contributed by atoms with Gasteiger partial charge in [0.25, 0.3) is 0 Å². The van der Waals surface area contributed by atoms with E-state index in [4.69, 9.17) is 24.1 Å². The number of rotatable bonds is 13. The first-order chi connectivity index (χ1) is 18.2. The van der Waals surface area contributed by atoms with Gasteiger partial charge in [-0.3, -0.25) is 9.59 Å². The molecule has 2 aliphatic heterocycles. The number of benzene rings is 1. The molecule has 9 heteroatoms. The van der Waals surface area contributed by atoms with Crippen LogP contribution in [0.4, 0.5) is 4.79 Å². The van der Waals surface area contributed by atoms with Gasteiger partial charge < -0.3 is 24.1 Å². The van der Waals surface area contributed by atoms with Gasteiger partial charge in [0, 0.05) is 0 Å². The number of hydrogen-bond donors (Lipinski definition) is 1. The van der Waals surface area contributed by atoms with E-state index in [9.17, 15) is 14.4 Å². The Morgan fingerprint density at radius 2 is 1.76 bits per heavy atom. The van der Waals surface area contributed by atoms with E-state index in [2.05, 4.69) is 0 Å². The number of imide groups is 1. The molecule has 1 aromatic rings. The number of aliphatic hydroxyl groups is 1. The molecule has 1 saturated heterocycles. The molecule has 2 heterocycles. The minimum Gasteiger partial charge on any atom is -0.482 e. The van der Waals surface area contributed by atoms with E-state index in [0.29, 0.717) is 32.0 Å². The topological polar surface area (TPSA) is 112 Å². The summed E-state index contributed by atoms with van der Waals surface area (Å²) >= 11 is 0. The predicted molar refractivity (Wildman–Crippen MR) is 140 cm³/mol. The van der Waals surface area contributed by atoms with E-state index >= 15 is 0 Å². The fourth-order valence-electron chi connectivity index (χ4n) is 5.03. The van der Waals surface area contributed by atoms with Gasteiger partial charge in [0.15, 0.2) is 11.9 Å². The summed E-state index contributed by atoms with van der Waals surface area (Å²) in [7, 11) is 0. The fourth-order valence-corrected chi connectivity index (χ4v) is 5.03. The molecular weight excluding hydrogens is 490 g/mol. The monoisotopic (exact) mass is 529 g/mol. The van der Waals surface area contributed by atoms with E-state index in [0.717, 1.165) is 5.56 Å². The first kappa shape index (κ1) is 29.5. The number of allylic oxidation sites excluding steroid dienone is 1. The highest BCUT2D eigenvalue weighted by molar-refractivity contribution is 6.02. The number of amides is 2. The molecule has 1 fully saturated rings. The summed E-state index contributed by atoms with van der Waals surface area (Å²) in [5.41, 5.74) is -0.00363. The molecule has 0 bridgehead atoms. The Hall–Kier alpha value is -3.01. The molecule has 0 spiro atoms. The van der Waals surface area contributed by atoms with Crippen LogP contribution in [-0.2, 0) is 35.0 Å². The predicted octanol–water partition coefficient (Wildman–Crippen LogP) is 3.45. The van der Waals surface area contributed by atoms with E-state index < -0.39 is 35.7 Å². The maximum atomic E-state index is 14.0. The van der Waals surface area contributed by atoms with Crippen molar-refractivity contribution in [3.63, 3.8) is 0 Å². The van der Waals surface area contributed by atoms with Gasteiger partial charge in [0.2, 0.25) is 5.91 Å². The number of carbonyl (C=O) groups excluding carboxylic acids is 3. The second-order valence-electron chi connectivity index (χ2n) is 10.3. The van der Waals surface area contributed by atoms with Gasteiger partial charge >= 0.3 is 6.09 Å². The number of nitrogens with zero attached hydrogens (tertiary/aromatic N) is 1. The van der Waals surface area contributed by atoms with Crippen LogP contribution in [0, 0.1) is 11.8 Å². The Morgan fingerprint density at radius 1 is 1.08 bits per heavy atom. The van der Waals surface area contributed by atoms with Crippen molar-refractivity contribution in [3.05, 3.63) is 59.9 Å². The molecule has 3 rings (SSSR count). The van der Waals surface area contributed by atoms with Gasteiger partial charge in [0.1, 0.15) is 11.4 Å². The number of ketones is 1. The lowest BCUT2D eigenvalue weighted by Gasteiger charge is -2.35. The Balaban J connectivity index is 1.78. The first-order valence-corrected chi connectivity index (χ1v) is 13.1. The lowest BCUT2D eigenvalue weighted by atomic mass is 9.85. The lowest BCUT2D eigenvalue weighted by molar-refractivity contribution is -0.144. The SMILES string of the molecule is CC(C)[C@H]1N(C(=O)[C@H](Cc2ccccc2)[C@H]2OC(=CCCOCCOCCO)C=CC2=O)C(=O)OC1(C)C. The van der Waals surface area contributed by atoms with Gasteiger partial charge in [-0.25, -0.2) is 9.69 Å². The standard InChI is InChI=1S/C29H39NO8/c1-20(2)26-29(3,4)38-28(34)30(26)27(33)23(19-21-9-6-5-7-10-21)25-24(32)13-12-22(37-25)11-8-15-35-17-18-36-16-14-31/h5-7,9-13,20,23,25-26,31H,8,14-19H2,1-4H3/t23-,25-,26-/m1/s1. The van der Waals surface area contributed by atoms with Crippen molar-refractivity contribution in [2.45, 2.75) is 58.3 Å². The highest BCUT2D eigenvalue weighted by atomic mass is 16.6. The van der Waals surface area contributed by atoms with E-state index in [1.807, 2.05) is 44.2 Å². The second kappa shape index (κ2) is 13.7. The average molecular weight is 530 g/mol. The van der Waals surface area contributed by atoms with Gasteiger partial charge in [0.05, 0.1) is 45.0 Å². The van der Waals surface area contributed by atoms with Crippen LogP contribution in [0.3, 0.4) is 0 Å². The van der Waals surface area contributed by atoms with Gasteiger partial charge in [-0.05, 0) is 56.4 Å². The van der Waals surface area contributed by atoms with E-state index in [1.165, 1.54) is 11.0 Å². The number of ether oxygens (including phenoxy) is 4. The summed E-state index contributed by atoms with van der Waals surface area (Å²) in [6.45, 7) is 8.91. The summed E-state index contributed by atoms with van der Waals surface area (Å²) in [5, 5.41) is 8.72. The van der Waals surface area contributed by atoms with E-state index in [1.54, 1.807) is 26.0 Å². The van der Waals surface area contributed by atoms with Gasteiger partial charge in [-0.1, -0.05) is 44.2 Å². The Labute approximate surface area is 224 Å². The molecule has 0 aromatic heterocycles. The first-order valence-electron chi connectivity index (χ1n) is 13.1. The number of hydrogen-bond acceptors (Lipinski definition) is 8. The molecule has 9 nitrogen and oxygen atoms in total. The summed E-state index contributed by atoms with van der Waals surface area (Å²) in [6.07, 6.45) is 3.77. The summed E-state index contributed by atoms with van der Waals surface area (Å²) in [5.74, 6) is -1.33. The van der Waals surface area contributed by atoms with Crippen molar-refractivity contribution in [3.8, 4) is 0 Å². The fraction of sp³-hybridized carbons (Fsp3) is 0.552. The van der Waals surface area contributed by atoms with Crippen molar-refractivity contribution in [1.82, 2.24) is 4.90 Å². The lowest BCUT2D eigenvalue weighted by Crippen LogP contribution is -2.53. The van der Waals surface area contributed by atoms with Crippen LogP contribution in [0.1, 0.15) is 39.7 Å². The molecule has 38 heavy (non-hydrogen) atoms. The third-order valence-electron chi connectivity index (χ3n) is 6.56. The third kappa shape index (κ3) is 7.52. The normalized spacial score (nSPS) is 22.6. The van der Waals surface area contributed by atoms with Crippen molar-refractivity contribution in [2.24, 2.45) is 11.8 Å². The molecule has 3 atom stereocenters. The average Bonchev–Trinajstić information content (AvgIpc) is 3.13. The smallest absolute Gasteiger partial charge is 0.417 e. The van der Waals surface area contributed by atoms with Crippen LogP contribution >= 0.6 is 0 Å². The van der Waals surface area contributed by atoms with Crippen LogP contribution in [0.2, 0.25) is 0 Å². The number of cyclic esters (lactones) is 1. The van der Waals surface area contributed by atoms with Crippen LogP contribution in [0.15, 0.2) is 54.3 Å². The third-order valence-corrected chi connectivity index (χ3v) is 6.56. The molecular formula is C29H39NO8. The van der Waals surface area contributed by atoms with Crippen molar-refractivity contribution >= 4 is 17.8 Å². The second-order valence-corrected chi connectivity index (χ2v) is 10.3. The Bertz CT molecular complexity index is 1020. The maximum absolute atomic E-state index is 14.0. The minimum absolute atomic E-state index is 0.0295. The zero-order chi connectivity index (χ0) is 27.7. The minimum atomic E-state index is -1.09. The summed E-state index contributed by atoms with van der Waals surface area (Å²) in [6, 6.07) is 8.89. The molecule has 0 saturated carbocycles. The largest absolute Gasteiger partial charge is 0.482 e. The van der Waals surface area contributed by atoms with Crippen LogP contribution in [-0.4, -0.2) is 78.6 Å². The molecule has 0 aliphatic carbocycles. The molecule has 208 valence electrons. The van der Waals surface area contributed by atoms with Crippen molar-refractivity contribution in [1.29, 1.82) is 0 Å². The summed E-state index contributed by atoms with van der Waals surface area (Å²) in [4.78, 5) is 41.2. The highest BCUT2D eigenvalue weighted by Crippen LogP contribution is 2.36. The Kier molecular flexibility index (Phi) is 10.6. The van der Waals surface area contributed by atoms with Crippen LogP contribution < -0.4 is 0 Å². The zero-order valence-electron chi connectivity index (χ0n) is 22.6. The molecule has 2 amide bonds. The molecule has 0 unspecified atom stereocenters. The van der Waals surface area contributed by atoms with Crippen LogP contribution in [0.5, 0.6) is 0 Å². The van der Waals surface area contributed by atoms with E-state index in [-0.39, 0.29) is 31.3 Å². The quantitative estimate of drug-likeness (QED) is 0.387. The van der Waals surface area contributed by atoms with Crippen molar-refractivity contribution in [2.75, 3.05) is 33.0 Å². The van der Waals surface area contributed by atoms with Gasteiger partial charge in [-0.2, -0.15) is 0 Å². The van der Waals surface area contributed by atoms with Gasteiger partial charge in [-0.15, -0.1) is 0 Å². The zero-order valence-corrected chi connectivity index (χ0v) is 22.6. The molecule has 1 aromatic carbocycles. The molecule has 1 N–H and O–H groups in total. The molecule has 2 aliphatic rings. The van der Waals surface area contributed by atoms with Crippen LogP contribution in [0.25, 0.3) is 0 Å².